The lowest BCUT2D eigenvalue weighted by molar-refractivity contribution is 0.296. The van der Waals surface area contributed by atoms with Crippen LogP contribution in [-0.4, -0.2) is 41.3 Å². The number of nitrogens with zero attached hydrogens (tertiary/aromatic N) is 3. The van der Waals surface area contributed by atoms with Gasteiger partial charge in [0, 0.05) is 13.1 Å². The maximum absolute atomic E-state index is 4.10. The fourth-order valence-electron chi connectivity index (χ4n) is 2.20. The zero-order valence-corrected chi connectivity index (χ0v) is 10.7. The number of rotatable bonds is 4. The van der Waals surface area contributed by atoms with E-state index in [-0.39, 0.29) is 0 Å². The molecule has 1 aliphatic heterocycles. The molecule has 1 aromatic heterocycles. The van der Waals surface area contributed by atoms with Gasteiger partial charge in [-0.05, 0) is 45.0 Å². The Morgan fingerprint density at radius 1 is 1.12 bits per heavy atom. The van der Waals surface area contributed by atoms with Gasteiger partial charge in [0.2, 0.25) is 0 Å². The molecular weight excluding hydrogens is 212 g/mol. The van der Waals surface area contributed by atoms with Gasteiger partial charge in [-0.2, -0.15) is 5.10 Å². The molecule has 1 aliphatic rings. The Hall–Kier alpha value is -1.16. The van der Waals surface area contributed by atoms with Crippen molar-refractivity contribution in [3.05, 3.63) is 17.8 Å². The largest absolute Gasteiger partial charge is 0.367 e. The van der Waals surface area contributed by atoms with Gasteiger partial charge in [0.15, 0.2) is 0 Å². The van der Waals surface area contributed by atoms with Crippen LogP contribution in [0.25, 0.3) is 0 Å². The number of nitrogens with one attached hydrogen (secondary N) is 1. The molecule has 4 nitrogen and oxygen atoms in total. The van der Waals surface area contributed by atoms with Gasteiger partial charge >= 0.3 is 0 Å². The maximum Gasteiger partial charge on any atom is 0.148 e. The van der Waals surface area contributed by atoms with Crippen molar-refractivity contribution < 1.29 is 0 Å². The first-order chi connectivity index (χ1) is 8.34. The number of likely N-dealkylation sites (tertiary alicyclic amines) is 1. The van der Waals surface area contributed by atoms with Gasteiger partial charge in [-0.3, -0.25) is 0 Å². The van der Waals surface area contributed by atoms with Gasteiger partial charge in [-0.1, -0.05) is 12.8 Å². The molecule has 0 saturated carbocycles. The summed E-state index contributed by atoms with van der Waals surface area (Å²) in [6.45, 7) is 6.52. The Morgan fingerprint density at radius 2 is 1.88 bits per heavy atom. The monoisotopic (exact) mass is 234 g/mol. The summed E-state index contributed by atoms with van der Waals surface area (Å²) in [5, 5.41) is 11.5. The summed E-state index contributed by atoms with van der Waals surface area (Å²) in [4.78, 5) is 2.54. The van der Waals surface area contributed by atoms with Crippen molar-refractivity contribution in [3.8, 4) is 0 Å². The summed E-state index contributed by atoms with van der Waals surface area (Å²) in [6.07, 6.45) is 5.50. The average molecular weight is 234 g/mol. The van der Waals surface area contributed by atoms with Crippen molar-refractivity contribution in [2.75, 3.05) is 31.5 Å². The van der Waals surface area contributed by atoms with E-state index in [9.17, 15) is 0 Å². The van der Waals surface area contributed by atoms with Crippen LogP contribution in [0.15, 0.2) is 12.1 Å². The maximum atomic E-state index is 4.10. The fourth-order valence-corrected chi connectivity index (χ4v) is 2.20. The molecule has 0 atom stereocenters. The molecule has 0 aromatic carbocycles. The third-order valence-electron chi connectivity index (χ3n) is 3.23. The molecule has 1 fully saturated rings. The highest BCUT2D eigenvalue weighted by atomic mass is 15.2. The first kappa shape index (κ1) is 12.3. The molecule has 0 bridgehead atoms. The van der Waals surface area contributed by atoms with Gasteiger partial charge in [-0.25, -0.2) is 0 Å². The van der Waals surface area contributed by atoms with E-state index in [4.69, 9.17) is 0 Å². The molecule has 1 N–H and O–H groups in total. The van der Waals surface area contributed by atoms with E-state index < -0.39 is 0 Å². The van der Waals surface area contributed by atoms with Crippen LogP contribution in [0.1, 0.15) is 31.4 Å². The molecule has 0 spiro atoms. The van der Waals surface area contributed by atoms with E-state index in [2.05, 4.69) is 20.4 Å². The fraction of sp³-hybridized carbons (Fsp3) is 0.692. The van der Waals surface area contributed by atoms with Crippen molar-refractivity contribution in [1.82, 2.24) is 15.1 Å². The van der Waals surface area contributed by atoms with Crippen LogP contribution in [0.5, 0.6) is 0 Å². The van der Waals surface area contributed by atoms with Gasteiger partial charge in [-0.15, -0.1) is 5.10 Å². The highest BCUT2D eigenvalue weighted by Crippen LogP contribution is 2.09. The topological polar surface area (TPSA) is 41.0 Å². The van der Waals surface area contributed by atoms with Crippen molar-refractivity contribution in [3.63, 3.8) is 0 Å². The molecule has 0 amide bonds. The number of aromatic nitrogens is 2. The molecule has 1 aromatic rings. The van der Waals surface area contributed by atoms with Crippen molar-refractivity contribution in [2.45, 2.75) is 32.6 Å². The molecule has 0 radical (unpaired) electrons. The summed E-state index contributed by atoms with van der Waals surface area (Å²) in [5.41, 5.74) is 0.961. The molecule has 0 aliphatic carbocycles. The number of hydrogen-bond acceptors (Lipinski definition) is 4. The molecule has 4 heteroatoms. The van der Waals surface area contributed by atoms with Gasteiger partial charge in [0.25, 0.3) is 0 Å². The van der Waals surface area contributed by atoms with Crippen LogP contribution < -0.4 is 5.32 Å². The summed E-state index contributed by atoms with van der Waals surface area (Å²) >= 11 is 0. The molecule has 2 heterocycles. The van der Waals surface area contributed by atoms with E-state index >= 15 is 0 Å². The zero-order chi connectivity index (χ0) is 11.9. The van der Waals surface area contributed by atoms with E-state index in [1.807, 2.05) is 19.1 Å². The second-order valence-corrected chi connectivity index (χ2v) is 4.74. The van der Waals surface area contributed by atoms with Crippen LogP contribution in [0.2, 0.25) is 0 Å². The zero-order valence-electron chi connectivity index (χ0n) is 10.7. The van der Waals surface area contributed by atoms with Crippen LogP contribution in [0, 0.1) is 6.92 Å². The van der Waals surface area contributed by atoms with Crippen molar-refractivity contribution >= 4 is 5.82 Å². The van der Waals surface area contributed by atoms with Crippen molar-refractivity contribution in [2.24, 2.45) is 0 Å². The third-order valence-corrected chi connectivity index (χ3v) is 3.23. The molecule has 2 rings (SSSR count). The van der Waals surface area contributed by atoms with E-state index in [1.165, 1.54) is 38.8 Å². The SMILES string of the molecule is Cc1ccc(NCCN2CCCCCC2)nn1. The summed E-state index contributed by atoms with van der Waals surface area (Å²) < 4.78 is 0. The summed E-state index contributed by atoms with van der Waals surface area (Å²) in [6, 6.07) is 3.98. The van der Waals surface area contributed by atoms with E-state index in [1.54, 1.807) is 0 Å². The first-order valence-corrected chi connectivity index (χ1v) is 6.61. The van der Waals surface area contributed by atoms with Crippen LogP contribution >= 0.6 is 0 Å². The van der Waals surface area contributed by atoms with E-state index in [0.717, 1.165) is 24.6 Å². The average Bonchev–Trinajstić information content (AvgIpc) is 2.60. The van der Waals surface area contributed by atoms with Gasteiger partial charge in [0.05, 0.1) is 5.69 Å². The molecule has 1 saturated heterocycles. The summed E-state index contributed by atoms with van der Waals surface area (Å²) in [7, 11) is 0. The second kappa shape index (κ2) is 6.55. The highest BCUT2D eigenvalue weighted by molar-refractivity contribution is 5.32. The molecule has 17 heavy (non-hydrogen) atoms. The molecular formula is C13H22N4. The first-order valence-electron chi connectivity index (χ1n) is 6.61. The Kier molecular flexibility index (Phi) is 4.74. The minimum atomic E-state index is 0.880. The molecule has 0 unspecified atom stereocenters. The normalized spacial score (nSPS) is 17.7. The minimum Gasteiger partial charge on any atom is -0.367 e. The van der Waals surface area contributed by atoms with Crippen LogP contribution in [-0.2, 0) is 0 Å². The smallest absolute Gasteiger partial charge is 0.148 e. The number of hydrogen-bond donors (Lipinski definition) is 1. The minimum absolute atomic E-state index is 0.880. The number of aryl methyl sites for hydroxylation is 1. The highest BCUT2D eigenvalue weighted by Gasteiger charge is 2.07. The lowest BCUT2D eigenvalue weighted by Crippen LogP contribution is -2.30. The third kappa shape index (κ3) is 4.30. The Bertz CT molecular complexity index is 315. The van der Waals surface area contributed by atoms with Gasteiger partial charge < -0.3 is 10.2 Å². The van der Waals surface area contributed by atoms with Gasteiger partial charge in [0.1, 0.15) is 5.82 Å². The quantitative estimate of drug-likeness (QED) is 0.866. The predicted octanol–water partition coefficient (Wildman–Crippen LogP) is 2.07. The molecule has 94 valence electrons. The number of anilines is 1. The Balaban J connectivity index is 1.69. The van der Waals surface area contributed by atoms with Crippen LogP contribution in [0.4, 0.5) is 5.82 Å². The predicted molar refractivity (Wildman–Crippen MR) is 70.2 cm³/mol. The van der Waals surface area contributed by atoms with Crippen LogP contribution in [0.3, 0.4) is 0 Å². The van der Waals surface area contributed by atoms with Crippen molar-refractivity contribution in [1.29, 1.82) is 0 Å². The lowest BCUT2D eigenvalue weighted by Gasteiger charge is -2.19. The second-order valence-electron chi connectivity index (χ2n) is 4.74. The Labute approximate surface area is 103 Å². The summed E-state index contributed by atoms with van der Waals surface area (Å²) in [5.74, 6) is 0.880. The van der Waals surface area contributed by atoms with E-state index in [0.29, 0.717) is 0 Å². The lowest BCUT2D eigenvalue weighted by atomic mass is 10.2. The Morgan fingerprint density at radius 3 is 2.53 bits per heavy atom. The standard InChI is InChI=1S/C13H22N4/c1-12-6-7-13(16-15-12)14-8-11-17-9-4-2-3-5-10-17/h6-7H,2-5,8-11H2,1H3,(H,14,16).